The van der Waals surface area contributed by atoms with Crippen LogP contribution in [0.25, 0.3) is 0 Å². The first-order chi connectivity index (χ1) is 6.45. The molecule has 0 N–H and O–H groups in total. The largest absolute Gasteiger partial charge is 0.861 e. The minimum absolute atomic E-state index is 0.0193. The highest BCUT2D eigenvalue weighted by molar-refractivity contribution is 5.04. The highest BCUT2D eigenvalue weighted by Crippen LogP contribution is 2.25. The van der Waals surface area contributed by atoms with Gasteiger partial charge >= 0.3 is 0 Å². The van der Waals surface area contributed by atoms with Crippen LogP contribution in [0.15, 0.2) is 12.0 Å². The first-order valence-electron chi connectivity index (χ1n) is 5.26. The van der Waals surface area contributed by atoms with Crippen LogP contribution in [0.3, 0.4) is 0 Å². The SMILES string of the molecule is CC(C)[C@H]1[C@H]([O-])CC=C([O-])N1C(C)C. The van der Waals surface area contributed by atoms with Crippen LogP contribution in [-0.4, -0.2) is 23.1 Å². The van der Waals surface area contributed by atoms with Crippen molar-refractivity contribution < 1.29 is 10.2 Å². The van der Waals surface area contributed by atoms with Crippen molar-refractivity contribution in [1.82, 2.24) is 4.90 Å². The van der Waals surface area contributed by atoms with Gasteiger partial charge in [-0.05, 0) is 32.1 Å². The van der Waals surface area contributed by atoms with Crippen LogP contribution >= 0.6 is 0 Å². The van der Waals surface area contributed by atoms with Gasteiger partial charge in [0.1, 0.15) is 0 Å². The summed E-state index contributed by atoms with van der Waals surface area (Å²) >= 11 is 0. The average molecular weight is 197 g/mol. The monoisotopic (exact) mass is 197 g/mol. The van der Waals surface area contributed by atoms with Crippen LogP contribution in [0.1, 0.15) is 34.1 Å². The maximum atomic E-state index is 11.8. The summed E-state index contributed by atoms with van der Waals surface area (Å²) in [7, 11) is 0. The molecule has 0 aromatic rings. The highest BCUT2D eigenvalue weighted by atomic mass is 16.3. The highest BCUT2D eigenvalue weighted by Gasteiger charge is 2.26. The lowest BCUT2D eigenvalue weighted by molar-refractivity contribution is -0.445. The molecule has 0 aliphatic carbocycles. The first kappa shape index (κ1) is 11.4. The van der Waals surface area contributed by atoms with Crippen LogP contribution < -0.4 is 10.2 Å². The number of nitrogens with zero attached hydrogens (tertiary/aromatic N) is 1. The average Bonchev–Trinajstić information content (AvgIpc) is 2.07. The van der Waals surface area contributed by atoms with E-state index in [0.29, 0.717) is 6.42 Å². The third kappa shape index (κ3) is 2.03. The minimum Gasteiger partial charge on any atom is -0.861 e. The number of rotatable bonds is 2. The Bertz CT molecular complexity index is 223. The van der Waals surface area contributed by atoms with Gasteiger partial charge in [-0.1, -0.05) is 19.9 Å². The molecule has 0 spiro atoms. The Hall–Kier alpha value is -0.700. The van der Waals surface area contributed by atoms with Crippen molar-refractivity contribution in [3.8, 4) is 0 Å². The van der Waals surface area contributed by atoms with E-state index in [1.54, 1.807) is 4.90 Å². The zero-order chi connectivity index (χ0) is 10.9. The van der Waals surface area contributed by atoms with Gasteiger partial charge in [-0.25, -0.2) is 0 Å². The van der Waals surface area contributed by atoms with E-state index in [1.807, 2.05) is 27.7 Å². The Morgan fingerprint density at radius 3 is 2.29 bits per heavy atom. The topological polar surface area (TPSA) is 49.4 Å². The van der Waals surface area contributed by atoms with Gasteiger partial charge < -0.3 is 15.1 Å². The molecule has 0 unspecified atom stereocenters. The molecule has 82 valence electrons. The summed E-state index contributed by atoms with van der Waals surface area (Å²) in [5, 5.41) is 23.4. The van der Waals surface area contributed by atoms with Gasteiger partial charge in [0.05, 0.1) is 0 Å². The summed E-state index contributed by atoms with van der Waals surface area (Å²) < 4.78 is 0. The Labute approximate surface area is 86.0 Å². The molecule has 0 amide bonds. The maximum Gasteiger partial charge on any atom is 0.0224 e. The van der Waals surface area contributed by atoms with E-state index >= 15 is 0 Å². The van der Waals surface area contributed by atoms with Crippen molar-refractivity contribution in [1.29, 1.82) is 0 Å². The summed E-state index contributed by atoms with van der Waals surface area (Å²) in [4.78, 5) is 1.73. The van der Waals surface area contributed by atoms with Gasteiger partial charge in [0.25, 0.3) is 0 Å². The van der Waals surface area contributed by atoms with Crippen LogP contribution in [0.4, 0.5) is 0 Å². The van der Waals surface area contributed by atoms with Gasteiger partial charge in [-0.2, -0.15) is 0 Å². The second-order valence-electron chi connectivity index (χ2n) is 4.55. The van der Waals surface area contributed by atoms with E-state index in [9.17, 15) is 10.2 Å². The van der Waals surface area contributed by atoms with E-state index in [0.717, 1.165) is 0 Å². The third-order valence-corrected chi connectivity index (χ3v) is 2.72. The molecule has 14 heavy (non-hydrogen) atoms. The second-order valence-corrected chi connectivity index (χ2v) is 4.55. The van der Waals surface area contributed by atoms with Crippen molar-refractivity contribution in [2.75, 3.05) is 0 Å². The molecular formula is C11H19NO2-2. The fourth-order valence-electron chi connectivity index (χ4n) is 2.14. The van der Waals surface area contributed by atoms with Crippen LogP contribution in [0, 0.1) is 5.92 Å². The van der Waals surface area contributed by atoms with Crippen LogP contribution in [0.5, 0.6) is 0 Å². The third-order valence-electron chi connectivity index (χ3n) is 2.72. The quantitative estimate of drug-likeness (QED) is 0.629. The molecule has 0 fully saturated rings. The zero-order valence-electron chi connectivity index (χ0n) is 9.36. The second kappa shape index (κ2) is 4.22. The lowest BCUT2D eigenvalue weighted by Gasteiger charge is -2.52. The summed E-state index contributed by atoms with van der Waals surface area (Å²) in [6.07, 6.45) is 1.25. The van der Waals surface area contributed by atoms with Crippen molar-refractivity contribution in [2.45, 2.75) is 52.3 Å². The number of hydrogen-bond acceptors (Lipinski definition) is 3. The lowest BCUT2D eigenvalue weighted by atomic mass is 9.91. The lowest BCUT2D eigenvalue weighted by Crippen LogP contribution is -2.58. The molecule has 0 aromatic heterocycles. The van der Waals surface area contributed by atoms with Crippen molar-refractivity contribution in [2.24, 2.45) is 5.92 Å². The molecular weight excluding hydrogens is 178 g/mol. The minimum atomic E-state index is -0.657. The Balaban J connectivity index is 2.92. The Morgan fingerprint density at radius 1 is 1.36 bits per heavy atom. The Kier molecular flexibility index (Phi) is 3.43. The summed E-state index contributed by atoms with van der Waals surface area (Å²) in [5.74, 6) is 0.253. The van der Waals surface area contributed by atoms with Crippen molar-refractivity contribution >= 4 is 0 Å². The predicted octanol–water partition coefficient (Wildman–Crippen LogP) is 0.0557. The summed E-state index contributed by atoms with van der Waals surface area (Å²) in [6.45, 7) is 7.92. The molecule has 0 bridgehead atoms. The molecule has 1 aliphatic heterocycles. The maximum absolute atomic E-state index is 11.8. The van der Waals surface area contributed by atoms with Gasteiger partial charge in [0.2, 0.25) is 0 Å². The fraction of sp³-hybridized carbons (Fsp3) is 0.818. The van der Waals surface area contributed by atoms with Crippen LogP contribution in [-0.2, 0) is 0 Å². The molecule has 0 saturated carbocycles. The molecule has 3 nitrogen and oxygen atoms in total. The van der Waals surface area contributed by atoms with Gasteiger partial charge in [-0.3, -0.25) is 0 Å². The van der Waals surface area contributed by atoms with E-state index in [2.05, 4.69) is 0 Å². The molecule has 3 heteroatoms. The van der Waals surface area contributed by atoms with E-state index < -0.39 is 6.10 Å². The van der Waals surface area contributed by atoms with E-state index in [4.69, 9.17) is 0 Å². The normalized spacial score (nSPS) is 28.5. The van der Waals surface area contributed by atoms with Gasteiger partial charge in [-0.15, -0.1) is 6.10 Å². The zero-order valence-corrected chi connectivity index (χ0v) is 9.36. The predicted molar refractivity (Wildman–Crippen MR) is 52.1 cm³/mol. The Morgan fingerprint density at radius 2 is 1.93 bits per heavy atom. The molecule has 0 saturated heterocycles. The van der Waals surface area contributed by atoms with E-state index in [-0.39, 0.29) is 23.9 Å². The molecule has 1 rings (SSSR count). The fourth-order valence-corrected chi connectivity index (χ4v) is 2.14. The van der Waals surface area contributed by atoms with Crippen molar-refractivity contribution in [3.05, 3.63) is 12.0 Å². The molecule has 1 heterocycles. The molecule has 0 radical (unpaired) electrons. The first-order valence-corrected chi connectivity index (χ1v) is 5.26. The number of hydrogen-bond donors (Lipinski definition) is 0. The van der Waals surface area contributed by atoms with E-state index in [1.165, 1.54) is 6.08 Å². The van der Waals surface area contributed by atoms with Crippen molar-refractivity contribution in [3.63, 3.8) is 0 Å². The summed E-state index contributed by atoms with van der Waals surface area (Å²) in [5.41, 5.74) is 0. The molecule has 1 aliphatic rings. The van der Waals surface area contributed by atoms with Gasteiger partial charge in [0.15, 0.2) is 0 Å². The molecule has 2 atom stereocenters. The smallest absolute Gasteiger partial charge is 0.0224 e. The standard InChI is InChI=1S/C11H20NO2/c1-7(2)11-9(13)5-6-10(14)12(11)8(3)4/h6-9,11,14H,5H2,1-4H3/q-1/p-1/t9-,11+/m1/s1. The summed E-state index contributed by atoms with van der Waals surface area (Å²) in [6, 6.07) is -0.0320. The van der Waals surface area contributed by atoms with Gasteiger partial charge in [0, 0.05) is 12.1 Å². The van der Waals surface area contributed by atoms with Crippen LogP contribution in [0.2, 0.25) is 0 Å². The molecule has 0 aromatic carbocycles.